The lowest BCUT2D eigenvalue weighted by molar-refractivity contribution is 0.0243. The number of aryl methyl sites for hydroxylation is 1. The van der Waals surface area contributed by atoms with Crippen LogP contribution in [0.3, 0.4) is 0 Å². The van der Waals surface area contributed by atoms with Crippen LogP contribution in [0.15, 0.2) is 6.07 Å². The molecule has 1 aromatic heterocycles. The van der Waals surface area contributed by atoms with Crippen LogP contribution in [0, 0.1) is 6.92 Å². The topological polar surface area (TPSA) is 67.0 Å². The van der Waals surface area contributed by atoms with Gasteiger partial charge in [0.15, 0.2) is 0 Å². The molecular formula is C14H26N3O2P. The van der Waals surface area contributed by atoms with E-state index in [9.17, 15) is 4.79 Å². The molecule has 0 aliphatic rings. The molecular weight excluding hydrogens is 273 g/mol. The summed E-state index contributed by atoms with van der Waals surface area (Å²) in [6, 6.07) is 2.08. The molecule has 1 heterocycles. The van der Waals surface area contributed by atoms with Crippen molar-refractivity contribution in [3.63, 3.8) is 0 Å². The largest absolute Gasteiger partial charge is 0.443 e. The number of alkyl carbamates (subject to hydrolysis) is 1. The maximum atomic E-state index is 11.7. The number of hydrogen-bond donors (Lipinski definition) is 2. The molecule has 0 radical (unpaired) electrons. The van der Waals surface area contributed by atoms with Crippen molar-refractivity contribution < 1.29 is 9.53 Å². The average molecular weight is 299 g/mol. The minimum atomic E-state index is -0.581. The van der Waals surface area contributed by atoms with E-state index in [1.165, 1.54) is 0 Å². The predicted molar refractivity (Wildman–Crippen MR) is 83.8 cm³/mol. The second kappa shape index (κ2) is 6.13. The molecule has 0 aliphatic carbocycles. The minimum absolute atomic E-state index is 0.0645. The Kier molecular flexibility index (Phi) is 5.20. The second-order valence-electron chi connectivity index (χ2n) is 6.48. The van der Waals surface area contributed by atoms with Crippen LogP contribution in [0.1, 0.15) is 52.4 Å². The molecule has 5 nitrogen and oxygen atoms in total. The number of carbonyl (C=O) groups excluding carboxylic acids is 1. The van der Waals surface area contributed by atoms with Gasteiger partial charge >= 0.3 is 6.09 Å². The van der Waals surface area contributed by atoms with Crippen LogP contribution in [0.2, 0.25) is 0 Å². The highest BCUT2D eigenvalue weighted by Crippen LogP contribution is 2.39. The van der Waals surface area contributed by atoms with Gasteiger partial charge in [-0.15, -0.1) is 9.24 Å². The Balaban J connectivity index is 2.71. The Bertz CT molecular complexity index is 467. The molecule has 0 aliphatic heterocycles. The van der Waals surface area contributed by atoms with Gasteiger partial charge in [-0.05, 0) is 40.7 Å². The van der Waals surface area contributed by atoms with Crippen molar-refractivity contribution in [2.75, 3.05) is 0 Å². The van der Waals surface area contributed by atoms with Crippen molar-refractivity contribution in [1.82, 2.24) is 15.5 Å². The Morgan fingerprint density at radius 2 is 2.10 bits per heavy atom. The lowest BCUT2D eigenvalue weighted by Crippen LogP contribution is -2.40. The molecule has 0 saturated carbocycles. The van der Waals surface area contributed by atoms with E-state index in [-0.39, 0.29) is 17.3 Å². The maximum absolute atomic E-state index is 11.7. The summed E-state index contributed by atoms with van der Waals surface area (Å²) in [4.78, 5) is 11.7. The van der Waals surface area contributed by atoms with Crippen molar-refractivity contribution in [3.8, 4) is 0 Å². The molecule has 2 unspecified atom stereocenters. The van der Waals surface area contributed by atoms with E-state index in [1.54, 1.807) is 0 Å². The van der Waals surface area contributed by atoms with Crippen LogP contribution in [0.4, 0.5) is 4.79 Å². The van der Waals surface area contributed by atoms with Gasteiger partial charge in [-0.3, -0.25) is 5.10 Å². The summed E-state index contributed by atoms with van der Waals surface area (Å²) in [7, 11) is 2.81. The first-order chi connectivity index (χ1) is 9.02. The second-order valence-corrected chi connectivity index (χ2v) is 7.75. The van der Waals surface area contributed by atoms with E-state index in [1.807, 2.05) is 40.7 Å². The zero-order valence-corrected chi connectivity index (χ0v) is 14.4. The van der Waals surface area contributed by atoms with Gasteiger partial charge in [-0.1, -0.05) is 6.92 Å². The number of nitrogens with one attached hydrogen (secondary N) is 2. The fraction of sp³-hybridized carbons (Fsp3) is 0.714. The van der Waals surface area contributed by atoms with Gasteiger partial charge in [0.2, 0.25) is 0 Å². The van der Waals surface area contributed by atoms with Crippen LogP contribution < -0.4 is 5.32 Å². The number of rotatable bonds is 5. The zero-order valence-electron chi connectivity index (χ0n) is 13.2. The number of hydrogen-bond acceptors (Lipinski definition) is 3. The van der Waals surface area contributed by atoms with E-state index in [0.717, 1.165) is 11.4 Å². The summed E-state index contributed by atoms with van der Waals surface area (Å²) in [6.07, 6.45) is 0.268. The van der Waals surface area contributed by atoms with Gasteiger partial charge in [-0.2, -0.15) is 5.10 Å². The molecule has 0 aromatic carbocycles. The molecule has 20 heavy (non-hydrogen) atoms. The van der Waals surface area contributed by atoms with Gasteiger partial charge in [0.05, 0.1) is 5.69 Å². The lowest BCUT2D eigenvalue weighted by Gasteiger charge is -2.33. The number of nitrogens with zero attached hydrogens (tertiary/aromatic N) is 1. The Morgan fingerprint density at radius 3 is 2.55 bits per heavy atom. The zero-order chi connectivity index (χ0) is 15.6. The van der Waals surface area contributed by atoms with Crippen LogP contribution in [0.5, 0.6) is 0 Å². The molecule has 2 atom stereocenters. The van der Waals surface area contributed by atoms with Gasteiger partial charge in [0.1, 0.15) is 5.60 Å². The van der Waals surface area contributed by atoms with Crippen molar-refractivity contribution in [2.45, 2.75) is 64.8 Å². The number of aromatic nitrogens is 2. The van der Waals surface area contributed by atoms with E-state index in [0.29, 0.717) is 6.42 Å². The maximum Gasteiger partial charge on any atom is 0.407 e. The molecule has 114 valence electrons. The summed E-state index contributed by atoms with van der Waals surface area (Å²) in [5.74, 6) is 0. The van der Waals surface area contributed by atoms with Crippen LogP contribution in [-0.2, 0) is 9.89 Å². The third kappa shape index (κ3) is 5.12. The summed E-state index contributed by atoms with van der Waals surface area (Å²) in [6.45, 7) is 11.7. The van der Waals surface area contributed by atoms with Gasteiger partial charge in [0, 0.05) is 23.3 Å². The van der Waals surface area contributed by atoms with Gasteiger partial charge in [-0.25, -0.2) is 4.79 Å². The van der Waals surface area contributed by atoms with Crippen LogP contribution in [-0.4, -0.2) is 27.9 Å². The predicted octanol–water partition coefficient (Wildman–Crippen LogP) is 3.11. The molecule has 0 spiro atoms. The van der Waals surface area contributed by atoms with Gasteiger partial charge in [0.25, 0.3) is 0 Å². The number of ether oxygens (including phenoxy) is 1. The quantitative estimate of drug-likeness (QED) is 0.821. The number of amides is 1. The Labute approximate surface area is 123 Å². The van der Waals surface area contributed by atoms with Crippen molar-refractivity contribution >= 4 is 15.3 Å². The molecule has 1 rings (SSSR count). The summed E-state index contributed by atoms with van der Waals surface area (Å²) in [5, 5.41) is 9.72. The summed E-state index contributed by atoms with van der Waals surface area (Å²) in [5.41, 5.74) is 1.38. The van der Waals surface area contributed by atoms with E-state index in [4.69, 9.17) is 4.74 Å². The van der Waals surface area contributed by atoms with Crippen LogP contribution >= 0.6 is 9.24 Å². The highest BCUT2D eigenvalue weighted by molar-refractivity contribution is 7.18. The van der Waals surface area contributed by atoms with E-state index >= 15 is 0 Å². The van der Waals surface area contributed by atoms with Gasteiger partial charge < -0.3 is 10.1 Å². The lowest BCUT2D eigenvalue weighted by atomic mass is 9.91. The first-order valence-electron chi connectivity index (χ1n) is 6.83. The average Bonchev–Trinajstić information content (AvgIpc) is 2.60. The van der Waals surface area contributed by atoms with Crippen molar-refractivity contribution in [2.24, 2.45) is 0 Å². The minimum Gasteiger partial charge on any atom is -0.443 e. The monoisotopic (exact) mass is 299 g/mol. The summed E-state index contributed by atoms with van der Waals surface area (Å²) >= 11 is 0. The van der Waals surface area contributed by atoms with E-state index in [2.05, 4.69) is 31.7 Å². The van der Waals surface area contributed by atoms with Crippen LogP contribution in [0.25, 0.3) is 0 Å². The molecule has 1 aromatic rings. The molecule has 0 saturated heterocycles. The Hall–Kier alpha value is -1.09. The molecule has 0 fully saturated rings. The Morgan fingerprint density at radius 1 is 1.50 bits per heavy atom. The first-order valence-corrected chi connectivity index (χ1v) is 7.40. The smallest absolute Gasteiger partial charge is 0.407 e. The first kappa shape index (κ1) is 17.0. The third-order valence-corrected chi connectivity index (χ3v) is 3.36. The van der Waals surface area contributed by atoms with E-state index < -0.39 is 5.60 Å². The molecule has 0 bridgehead atoms. The fourth-order valence-electron chi connectivity index (χ4n) is 2.24. The van der Waals surface area contributed by atoms with Crippen molar-refractivity contribution in [3.05, 3.63) is 17.5 Å². The highest BCUT2D eigenvalue weighted by atomic mass is 31.0. The van der Waals surface area contributed by atoms with Crippen molar-refractivity contribution in [1.29, 1.82) is 0 Å². The standard InChI is InChI=1S/C14H26N3O2P/c1-9(2)15-12(18)19-13(4,5)8-14(6,20)11-7-10(3)16-17-11/h7,9H,8,20H2,1-6H3,(H,15,18)(H,16,17). The highest BCUT2D eigenvalue weighted by Gasteiger charge is 2.34. The summed E-state index contributed by atoms with van der Waals surface area (Å²) < 4.78 is 5.51. The third-order valence-electron chi connectivity index (χ3n) is 2.86. The number of carbonyl (C=O) groups is 1. The SMILES string of the molecule is Cc1cc(C(C)(P)CC(C)(C)OC(=O)NC(C)C)n[nH]1. The molecule has 6 heteroatoms. The number of aromatic amines is 1. The fourth-order valence-corrected chi connectivity index (χ4v) is 2.88. The molecule has 2 N–H and O–H groups in total. The molecule has 1 amide bonds. The number of H-pyrrole nitrogens is 1. The normalized spacial score (nSPS) is 15.0.